The number of hydrogen-bond donors (Lipinski definition) is 1. The molecule has 0 bridgehead atoms. The van der Waals surface area contributed by atoms with Crippen LogP contribution in [0.4, 0.5) is 5.69 Å². The maximum atomic E-state index is 12.9. The van der Waals surface area contributed by atoms with Gasteiger partial charge in [-0.05, 0) is 49.2 Å². The highest BCUT2D eigenvalue weighted by Gasteiger charge is 2.33. The lowest BCUT2D eigenvalue weighted by atomic mass is 9.98. The molecule has 1 aliphatic heterocycles. The molecule has 0 unspecified atom stereocenters. The number of halogens is 1. The van der Waals surface area contributed by atoms with Gasteiger partial charge >= 0.3 is 0 Å². The van der Waals surface area contributed by atoms with E-state index in [1.165, 1.54) is 16.4 Å². The number of anilines is 1. The molecule has 1 N–H and O–H groups in total. The molecule has 0 aliphatic carbocycles. The largest absolute Gasteiger partial charge is 0.489 e. The van der Waals surface area contributed by atoms with Crippen LogP contribution in [0, 0.1) is 5.92 Å². The van der Waals surface area contributed by atoms with Crippen LogP contribution in [0.1, 0.15) is 12.8 Å². The van der Waals surface area contributed by atoms with Crippen LogP contribution in [0.3, 0.4) is 0 Å². The number of amides is 1. The maximum Gasteiger partial charge on any atom is 0.243 e. The van der Waals surface area contributed by atoms with Crippen LogP contribution in [-0.4, -0.2) is 38.3 Å². The Morgan fingerprint density at radius 3 is 2.76 bits per heavy atom. The molecule has 1 amide bonds. The smallest absolute Gasteiger partial charge is 0.243 e. The van der Waals surface area contributed by atoms with Gasteiger partial charge in [-0.3, -0.25) is 4.79 Å². The van der Waals surface area contributed by atoms with Crippen molar-refractivity contribution in [1.82, 2.24) is 4.31 Å². The number of hydrogen-bond acceptors (Lipinski definition) is 4. The van der Waals surface area contributed by atoms with E-state index in [4.69, 9.17) is 16.3 Å². The molecule has 2 aromatic rings. The van der Waals surface area contributed by atoms with Crippen molar-refractivity contribution in [3.05, 3.63) is 66.2 Å². The Balaban J connectivity index is 1.68. The van der Waals surface area contributed by atoms with Crippen molar-refractivity contribution >= 4 is 33.2 Å². The zero-order valence-electron chi connectivity index (χ0n) is 15.9. The fourth-order valence-electron chi connectivity index (χ4n) is 3.19. The highest BCUT2D eigenvalue weighted by molar-refractivity contribution is 7.89. The molecular weight excluding hydrogens is 412 g/mol. The van der Waals surface area contributed by atoms with Crippen LogP contribution in [0.25, 0.3) is 0 Å². The number of piperidine rings is 1. The zero-order chi connectivity index (χ0) is 20.9. The highest BCUT2D eigenvalue weighted by atomic mass is 35.5. The van der Waals surface area contributed by atoms with Crippen LogP contribution < -0.4 is 10.1 Å². The third kappa shape index (κ3) is 5.38. The summed E-state index contributed by atoms with van der Waals surface area (Å²) in [5.41, 5.74) is 0.606. The van der Waals surface area contributed by atoms with E-state index in [0.29, 0.717) is 42.5 Å². The van der Waals surface area contributed by atoms with Crippen LogP contribution in [-0.2, 0) is 14.8 Å². The number of nitrogens with zero attached hydrogens (tertiary/aromatic N) is 1. The molecule has 0 saturated carbocycles. The third-order valence-electron chi connectivity index (χ3n) is 4.68. The molecule has 2 aromatic carbocycles. The molecule has 1 aliphatic rings. The van der Waals surface area contributed by atoms with Gasteiger partial charge in [-0.2, -0.15) is 4.31 Å². The van der Waals surface area contributed by atoms with Gasteiger partial charge in [0.15, 0.2) is 0 Å². The number of sulfonamides is 1. The van der Waals surface area contributed by atoms with E-state index in [0.717, 1.165) is 0 Å². The number of nitrogens with one attached hydrogen (secondary N) is 1. The second-order valence-corrected chi connectivity index (χ2v) is 9.15. The van der Waals surface area contributed by atoms with E-state index in [1.807, 2.05) is 0 Å². The molecule has 1 atom stereocenters. The average Bonchev–Trinajstić information content (AvgIpc) is 2.73. The Morgan fingerprint density at radius 2 is 2.03 bits per heavy atom. The van der Waals surface area contributed by atoms with Gasteiger partial charge in [0.1, 0.15) is 12.4 Å². The molecule has 0 spiro atoms. The Labute approximate surface area is 176 Å². The lowest BCUT2D eigenvalue weighted by molar-refractivity contribution is -0.120. The summed E-state index contributed by atoms with van der Waals surface area (Å²) >= 11 is 5.85. The van der Waals surface area contributed by atoms with Gasteiger partial charge in [0.25, 0.3) is 0 Å². The van der Waals surface area contributed by atoms with Gasteiger partial charge in [-0.25, -0.2) is 8.42 Å². The van der Waals surface area contributed by atoms with E-state index in [2.05, 4.69) is 11.9 Å². The van der Waals surface area contributed by atoms with Crippen molar-refractivity contribution in [2.75, 3.05) is 25.0 Å². The van der Waals surface area contributed by atoms with E-state index in [-0.39, 0.29) is 17.3 Å². The van der Waals surface area contributed by atoms with E-state index in [9.17, 15) is 13.2 Å². The fraction of sp³-hybridized carbons (Fsp3) is 0.286. The normalized spacial score (nSPS) is 17.5. The molecule has 1 heterocycles. The summed E-state index contributed by atoms with van der Waals surface area (Å²) in [4.78, 5) is 12.9. The number of carbonyl (C=O) groups excluding carboxylic acids is 1. The zero-order valence-corrected chi connectivity index (χ0v) is 17.5. The van der Waals surface area contributed by atoms with Gasteiger partial charge in [0.05, 0.1) is 10.8 Å². The van der Waals surface area contributed by atoms with Crippen LogP contribution >= 0.6 is 11.6 Å². The first-order valence-corrected chi connectivity index (χ1v) is 11.1. The van der Waals surface area contributed by atoms with Crippen molar-refractivity contribution in [1.29, 1.82) is 0 Å². The Bertz CT molecular complexity index is 976. The first-order chi connectivity index (χ1) is 13.9. The summed E-state index contributed by atoms with van der Waals surface area (Å²) in [6, 6.07) is 13.1. The summed E-state index contributed by atoms with van der Waals surface area (Å²) in [5.74, 6) is -0.0104. The number of benzene rings is 2. The minimum atomic E-state index is -3.67. The second kappa shape index (κ2) is 9.43. The van der Waals surface area contributed by atoms with E-state index >= 15 is 0 Å². The molecule has 1 saturated heterocycles. The van der Waals surface area contributed by atoms with Crippen LogP contribution in [0.2, 0.25) is 5.02 Å². The van der Waals surface area contributed by atoms with Crippen molar-refractivity contribution in [2.24, 2.45) is 5.92 Å². The molecular formula is C21H23ClN2O4S. The molecule has 29 heavy (non-hydrogen) atoms. The predicted molar refractivity (Wildman–Crippen MR) is 114 cm³/mol. The van der Waals surface area contributed by atoms with Gasteiger partial charge in [-0.15, -0.1) is 0 Å². The lowest BCUT2D eigenvalue weighted by Crippen LogP contribution is -2.43. The number of carbonyl (C=O) groups is 1. The van der Waals surface area contributed by atoms with Gasteiger partial charge in [0, 0.05) is 29.9 Å². The monoisotopic (exact) mass is 434 g/mol. The van der Waals surface area contributed by atoms with Crippen molar-refractivity contribution in [3.8, 4) is 5.75 Å². The van der Waals surface area contributed by atoms with Crippen molar-refractivity contribution in [3.63, 3.8) is 0 Å². The summed E-state index contributed by atoms with van der Waals surface area (Å²) in [7, 11) is -3.67. The molecule has 154 valence electrons. The standard InChI is InChI=1S/C21H23ClN2O4S/c1-2-13-28-19-7-3-6-18(14-19)23-21(25)16-5-4-12-24(15-16)29(26,27)20-10-8-17(22)9-11-20/h2-3,6-11,14,16H,1,4-5,12-13,15H2,(H,23,25)/t16-/m1/s1. The Morgan fingerprint density at radius 1 is 1.28 bits per heavy atom. The van der Waals surface area contributed by atoms with Crippen molar-refractivity contribution < 1.29 is 17.9 Å². The predicted octanol–water partition coefficient (Wildman–Crippen LogP) is 3.94. The van der Waals surface area contributed by atoms with Gasteiger partial charge in [0.2, 0.25) is 15.9 Å². The minimum Gasteiger partial charge on any atom is -0.489 e. The number of rotatable bonds is 7. The van der Waals surface area contributed by atoms with Gasteiger partial charge in [-0.1, -0.05) is 30.3 Å². The molecule has 0 aromatic heterocycles. The third-order valence-corrected chi connectivity index (χ3v) is 6.81. The lowest BCUT2D eigenvalue weighted by Gasteiger charge is -2.31. The quantitative estimate of drug-likeness (QED) is 0.669. The minimum absolute atomic E-state index is 0.142. The topological polar surface area (TPSA) is 75.7 Å². The average molecular weight is 435 g/mol. The van der Waals surface area contributed by atoms with Crippen molar-refractivity contribution in [2.45, 2.75) is 17.7 Å². The van der Waals surface area contributed by atoms with Crippen LogP contribution in [0.5, 0.6) is 5.75 Å². The molecule has 1 fully saturated rings. The fourth-order valence-corrected chi connectivity index (χ4v) is 4.84. The van der Waals surface area contributed by atoms with E-state index in [1.54, 1.807) is 42.5 Å². The molecule has 0 radical (unpaired) electrons. The summed E-state index contributed by atoms with van der Waals surface area (Å²) in [6.45, 7) is 4.51. The SMILES string of the molecule is C=CCOc1cccc(NC(=O)[C@@H]2CCCN(S(=O)(=O)c3ccc(Cl)cc3)C2)c1. The molecule has 8 heteroatoms. The Hall–Kier alpha value is -2.35. The maximum absolute atomic E-state index is 12.9. The first-order valence-electron chi connectivity index (χ1n) is 9.30. The first kappa shape index (κ1) is 21.4. The summed E-state index contributed by atoms with van der Waals surface area (Å²) < 4.78 is 32.6. The Kier molecular flexibility index (Phi) is 6.95. The number of ether oxygens (including phenoxy) is 1. The van der Waals surface area contributed by atoms with Gasteiger partial charge < -0.3 is 10.1 Å². The second-order valence-electron chi connectivity index (χ2n) is 6.77. The molecule has 6 nitrogen and oxygen atoms in total. The summed E-state index contributed by atoms with van der Waals surface area (Å²) in [5, 5.41) is 3.34. The highest BCUT2D eigenvalue weighted by Crippen LogP contribution is 2.26. The van der Waals surface area contributed by atoms with Crippen LogP contribution in [0.15, 0.2) is 66.1 Å². The van der Waals surface area contributed by atoms with E-state index < -0.39 is 15.9 Å². The summed E-state index contributed by atoms with van der Waals surface area (Å²) in [6.07, 6.45) is 2.89. The molecule has 3 rings (SSSR count).